The van der Waals surface area contributed by atoms with E-state index in [1.165, 1.54) is 0 Å². The number of nitrogens with zero attached hydrogens (tertiary/aromatic N) is 8. The summed E-state index contributed by atoms with van der Waals surface area (Å²) in [5, 5.41) is 21.5. The van der Waals surface area contributed by atoms with Crippen molar-refractivity contribution in [1.82, 2.24) is 33.2 Å². The lowest BCUT2D eigenvalue weighted by atomic mass is 9.94. The molecule has 424 valence electrons. The van der Waals surface area contributed by atoms with E-state index >= 15 is 0 Å². The molecular weight excluding hydrogens is 1110 g/mol. The number of hydrogen-bond donors (Lipinski definition) is 0. The maximum absolute atomic E-state index is 13.1. The minimum atomic E-state index is 0.440. The third-order valence-corrected chi connectivity index (χ3v) is 18.5. The van der Waals surface area contributed by atoms with Gasteiger partial charge in [-0.1, -0.05) is 188 Å². The average molecular weight is 1160 g/mol. The van der Waals surface area contributed by atoms with Gasteiger partial charge in [-0.25, -0.2) is 0 Å². The highest BCUT2D eigenvalue weighted by Crippen LogP contribution is 2.52. The highest BCUT2D eigenvalue weighted by molar-refractivity contribution is 6.18. The second-order valence-corrected chi connectivity index (χ2v) is 23.5. The minimum absolute atomic E-state index is 0.440. The molecule has 0 radical (unpaired) electrons. The Morgan fingerprint density at radius 3 is 1.02 bits per heavy atom. The Kier molecular flexibility index (Phi) is 11.7. The number of nitriles is 1. The normalized spacial score (nSPS) is 11.8. The van der Waals surface area contributed by atoms with Crippen molar-refractivity contribution in [2.24, 2.45) is 0 Å². The first kappa shape index (κ1) is 51.8. The monoisotopic (exact) mass is 1160 g/mol. The summed E-state index contributed by atoms with van der Waals surface area (Å²) in [6.07, 6.45) is 7.75. The average Bonchev–Trinajstić information content (AvgIpc) is 1.60. The standard InChI is InChI=1S/C83H52N8/c1-52-19-18-30-70(87-52)79-69(49-84)80(88-73-37-33-57(53-20-6-2-7-21-53)45-65(73)66-46-58(34-38-74(66)88)54-22-8-3-9-23-54)82(90-71-31-16-14-28-61(71)63-41-43-85-50-77(63)90)83(91-72-32-17-15-29-62(72)64-42-44-86-51-78(64)91)81(79)89-75-39-35-59(55-24-10-4-11-25-55)47-67(75)68-48-60(36-40-76(68)89)56-26-12-5-13-27-56/h2-48,50-51H,1H3. The molecule has 0 aliphatic rings. The molecule has 18 rings (SSSR count). The van der Waals surface area contributed by atoms with Crippen LogP contribution in [0.1, 0.15) is 11.3 Å². The molecule has 7 aromatic heterocycles. The number of fused-ring (bicyclic) bond motifs is 12. The van der Waals surface area contributed by atoms with Crippen LogP contribution in [-0.4, -0.2) is 33.2 Å². The Hall–Kier alpha value is -12.4. The first-order chi connectivity index (χ1) is 45.1. The zero-order valence-electron chi connectivity index (χ0n) is 49.4. The van der Waals surface area contributed by atoms with Crippen LogP contribution in [0.2, 0.25) is 0 Å². The van der Waals surface area contributed by atoms with Crippen LogP contribution in [0.25, 0.3) is 166 Å². The lowest BCUT2D eigenvalue weighted by Gasteiger charge is -2.29. The number of aromatic nitrogens is 7. The number of pyridine rings is 3. The second kappa shape index (κ2) is 20.6. The molecule has 91 heavy (non-hydrogen) atoms. The van der Waals surface area contributed by atoms with Crippen molar-refractivity contribution >= 4 is 87.2 Å². The molecule has 0 bridgehead atoms. The molecular formula is C83H52N8. The number of rotatable bonds is 9. The van der Waals surface area contributed by atoms with E-state index in [1.807, 2.05) is 37.8 Å². The summed E-state index contributed by atoms with van der Waals surface area (Å²) >= 11 is 0. The van der Waals surface area contributed by atoms with Crippen molar-refractivity contribution in [3.8, 4) is 84.6 Å². The molecule has 0 atom stereocenters. The van der Waals surface area contributed by atoms with Gasteiger partial charge >= 0.3 is 0 Å². The van der Waals surface area contributed by atoms with Gasteiger partial charge in [0.1, 0.15) is 6.07 Å². The summed E-state index contributed by atoms with van der Waals surface area (Å²) in [6.45, 7) is 2.04. The highest BCUT2D eigenvalue weighted by atomic mass is 15.1. The lowest BCUT2D eigenvalue weighted by molar-refractivity contribution is 1.01. The molecule has 18 aromatic rings. The number of hydrogen-bond acceptors (Lipinski definition) is 4. The third-order valence-electron chi connectivity index (χ3n) is 18.5. The maximum Gasteiger partial charge on any atom is 0.102 e. The number of benzene rings is 11. The van der Waals surface area contributed by atoms with Crippen molar-refractivity contribution in [3.63, 3.8) is 0 Å². The predicted octanol–water partition coefficient (Wildman–Crippen LogP) is 20.8. The molecule has 0 fully saturated rings. The molecule has 0 unspecified atom stereocenters. The summed E-state index contributed by atoms with van der Waals surface area (Å²) in [7, 11) is 0. The van der Waals surface area contributed by atoms with Crippen molar-refractivity contribution in [1.29, 1.82) is 5.26 Å². The van der Waals surface area contributed by atoms with E-state index in [2.05, 4.69) is 291 Å². The van der Waals surface area contributed by atoms with Gasteiger partial charge in [-0.15, -0.1) is 0 Å². The van der Waals surface area contributed by atoms with Crippen LogP contribution in [0.15, 0.2) is 298 Å². The Balaban J connectivity index is 1.13. The number of para-hydroxylation sites is 2. The summed E-state index contributed by atoms with van der Waals surface area (Å²) in [4.78, 5) is 15.5. The quantitative estimate of drug-likeness (QED) is 0.144. The van der Waals surface area contributed by atoms with E-state index in [4.69, 9.17) is 15.0 Å². The Labute approximate surface area is 523 Å². The Morgan fingerprint density at radius 2 is 0.626 bits per heavy atom. The smallest absolute Gasteiger partial charge is 0.102 e. The molecule has 0 N–H and O–H groups in total. The second-order valence-electron chi connectivity index (χ2n) is 23.5. The summed E-state index contributed by atoms with van der Waals surface area (Å²) in [6, 6.07) is 101. The van der Waals surface area contributed by atoms with E-state index < -0.39 is 0 Å². The predicted molar refractivity (Wildman–Crippen MR) is 374 cm³/mol. The molecule has 11 aromatic carbocycles. The van der Waals surface area contributed by atoms with E-state index in [0.717, 1.165) is 154 Å². The third kappa shape index (κ3) is 7.98. The van der Waals surface area contributed by atoms with Crippen LogP contribution < -0.4 is 0 Å². The Morgan fingerprint density at radius 1 is 0.286 bits per heavy atom. The summed E-state index contributed by atoms with van der Waals surface area (Å²) in [5.41, 5.74) is 21.9. The lowest BCUT2D eigenvalue weighted by Crippen LogP contribution is -2.17. The molecule has 0 amide bonds. The van der Waals surface area contributed by atoms with Crippen LogP contribution in [0.4, 0.5) is 0 Å². The van der Waals surface area contributed by atoms with Gasteiger partial charge in [-0.2, -0.15) is 5.26 Å². The van der Waals surface area contributed by atoms with Gasteiger partial charge in [0.05, 0.1) is 90.5 Å². The van der Waals surface area contributed by atoms with E-state index in [9.17, 15) is 5.26 Å². The van der Waals surface area contributed by atoms with Gasteiger partial charge in [-0.05, 0) is 136 Å². The molecule has 0 spiro atoms. The van der Waals surface area contributed by atoms with Gasteiger partial charge in [0.2, 0.25) is 0 Å². The van der Waals surface area contributed by atoms with Crippen molar-refractivity contribution in [3.05, 3.63) is 309 Å². The van der Waals surface area contributed by atoms with Crippen LogP contribution in [-0.2, 0) is 0 Å². The minimum Gasteiger partial charge on any atom is -0.306 e. The van der Waals surface area contributed by atoms with Crippen LogP contribution in [0, 0.1) is 18.3 Å². The highest BCUT2D eigenvalue weighted by Gasteiger charge is 2.36. The fourth-order valence-electron chi connectivity index (χ4n) is 14.5. The van der Waals surface area contributed by atoms with E-state index in [1.54, 1.807) is 0 Å². The fourth-order valence-corrected chi connectivity index (χ4v) is 14.5. The van der Waals surface area contributed by atoms with Crippen molar-refractivity contribution < 1.29 is 0 Å². The van der Waals surface area contributed by atoms with Crippen LogP contribution >= 0.6 is 0 Å². The molecule has 0 saturated carbocycles. The molecule has 8 heteroatoms. The zero-order chi connectivity index (χ0) is 60.3. The summed E-state index contributed by atoms with van der Waals surface area (Å²) in [5.74, 6) is 0. The molecule has 0 saturated heterocycles. The van der Waals surface area contributed by atoms with Crippen molar-refractivity contribution in [2.45, 2.75) is 6.92 Å². The van der Waals surface area contributed by atoms with Crippen molar-refractivity contribution in [2.75, 3.05) is 0 Å². The topological polar surface area (TPSA) is 82.2 Å². The zero-order valence-corrected chi connectivity index (χ0v) is 49.4. The van der Waals surface area contributed by atoms with Gasteiger partial charge < -0.3 is 18.3 Å². The van der Waals surface area contributed by atoms with Gasteiger partial charge in [-0.3, -0.25) is 15.0 Å². The first-order valence-electron chi connectivity index (χ1n) is 30.7. The molecule has 0 aliphatic carbocycles. The first-order valence-corrected chi connectivity index (χ1v) is 30.7. The maximum atomic E-state index is 13.1. The summed E-state index contributed by atoms with van der Waals surface area (Å²) < 4.78 is 9.62. The van der Waals surface area contributed by atoms with Gasteiger partial charge in [0, 0.05) is 66.7 Å². The van der Waals surface area contributed by atoms with E-state index in [0.29, 0.717) is 22.5 Å². The molecule has 7 heterocycles. The molecule has 8 nitrogen and oxygen atoms in total. The van der Waals surface area contributed by atoms with Gasteiger partial charge in [0.15, 0.2) is 0 Å². The molecule has 0 aliphatic heterocycles. The largest absolute Gasteiger partial charge is 0.306 e. The SMILES string of the molecule is Cc1cccc(-c2c(C#N)c(-n3c4ccc(-c5ccccc5)cc4c4cc(-c5ccccc5)ccc43)c(-n3c4ccccc4c4ccncc43)c(-n3c4ccccc4c4ccncc43)c2-n2c3ccc(-c4ccccc4)cc3c3cc(-c4ccccc4)ccc32)n1. The fraction of sp³-hybridized carbons (Fsp3) is 0.0120. The van der Waals surface area contributed by atoms with Crippen LogP contribution in [0.5, 0.6) is 0 Å². The number of aryl methyl sites for hydroxylation is 1. The van der Waals surface area contributed by atoms with Gasteiger partial charge in [0.25, 0.3) is 0 Å². The Bertz CT molecular complexity index is 5730. The van der Waals surface area contributed by atoms with Crippen LogP contribution in [0.3, 0.4) is 0 Å². The van der Waals surface area contributed by atoms with E-state index in [-0.39, 0.29) is 0 Å².